The van der Waals surface area contributed by atoms with E-state index in [2.05, 4.69) is 17.4 Å². The number of carbonyl (C=O) groups excluding carboxylic acids is 1. The van der Waals surface area contributed by atoms with Gasteiger partial charge in [-0.25, -0.2) is 4.98 Å². The largest absolute Gasteiger partial charge is 0.492 e. The molecule has 3 aromatic carbocycles. The number of nitrogens with zero attached hydrogens (tertiary/aromatic N) is 2. The maximum absolute atomic E-state index is 13.2. The van der Waals surface area contributed by atoms with Crippen molar-refractivity contribution < 1.29 is 9.53 Å². The number of anilines is 1. The van der Waals surface area contributed by atoms with Crippen LogP contribution in [0.3, 0.4) is 0 Å². The summed E-state index contributed by atoms with van der Waals surface area (Å²) in [6, 6.07) is 24.9. The number of rotatable bonds is 10. The lowest BCUT2D eigenvalue weighted by molar-refractivity contribution is -0.113. The summed E-state index contributed by atoms with van der Waals surface area (Å²) < 4.78 is 7.28. The smallest absolute Gasteiger partial charge is 0.262 e. The summed E-state index contributed by atoms with van der Waals surface area (Å²) in [7, 11) is 0. The van der Waals surface area contributed by atoms with Crippen LogP contribution in [0.25, 0.3) is 10.9 Å². The average Bonchev–Trinajstić information content (AvgIpc) is 2.86. The van der Waals surface area contributed by atoms with Gasteiger partial charge in [-0.1, -0.05) is 66.4 Å². The fraction of sp³-hybridized carbons (Fsp3) is 0.222. The predicted molar refractivity (Wildman–Crippen MR) is 138 cm³/mol. The van der Waals surface area contributed by atoms with E-state index in [4.69, 9.17) is 9.72 Å². The Labute approximate surface area is 203 Å². The van der Waals surface area contributed by atoms with Crippen molar-refractivity contribution in [3.8, 4) is 5.75 Å². The highest BCUT2D eigenvalue weighted by Gasteiger charge is 2.14. The molecule has 6 nitrogen and oxygen atoms in total. The third kappa shape index (κ3) is 5.85. The normalized spacial score (nSPS) is 10.9. The Morgan fingerprint density at radius 3 is 2.56 bits per heavy atom. The number of amides is 1. The maximum Gasteiger partial charge on any atom is 0.262 e. The maximum atomic E-state index is 13.2. The highest BCUT2D eigenvalue weighted by Crippen LogP contribution is 2.25. The lowest BCUT2D eigenvalue weighted by Crippen LogP contribution is -2.24. The van der Waals surface area contributed by atoms with Gasteiger partial charge in [0, 0.05) is 6.54 Å². The molecule has 0 saturated carbocycles. The van der Waals surface area contributed by atoms with Crippen LogP contribution < -0.4 is 15.6 Å². The van der Waals surface area contributed by atoms with Gasteiger partial charge >= 0.3 is 0 Å². The molecule has 1 heterocycles. The minimum atomic E-state index is -0.185. The predicted octanol–water partition coefficient (Wildman–Crippen LogP) is 5.16. The quantitative estimate of drug-likeness (QED) is 0.254. The second-order valence-corrected chi connectivity index (χ2v) is 8.67. The van der Waals surface area contributed by atoms with Crippen molar-refractivity contribution in [3.63, 3.8) is 0 Å². The summed E-state index contributed by atoms with van der Waals surface area (Å²) in [5, 5.41) is 4.03. The Kier molecular flexibility index (Phi) is 7.99. The summed E-state index contributed by atoms with van der Waals surface area (Å²) in [5.74, 6) is 0.574. The van der Waals surface area contributed by atoms with Crippen molar-refractivity contribution in [2.45, 2.75) is 31.5 Å². The van der Waals surface area contributed by atoms with Crippen LogP contribution in [0, 0.1) is 0 Å². The van der Waals surface area contributed by atoms with E-state index in [1.54, 1.807) is 16.7 Å². The van der Waals surface area contributed by atoms with Crippen LogP contribution >= 0.6 is 11.8 Å². The molecule has 0 fully saturated rings. The third-order valence-corrected chi connectivity index (χ3v) is 6.29. The molecule has 0 saturated heterocycles. The number of fused-ring (bicyclic) bond motifs is 1. The van der Waals surface area contributed by atoms with Gasteiger partial charge in [0.1, 0.15) is 5.75 Å². The number of ether oxygens (including phenoxy) is 1. The van der Waals surface area contributed by atoms with Crippen LogP contribution in [0.5, 0.6) is 5.75 Å². The first-order chi connectivity index (χ1) is 16.7. The standard InChI is InChI=1S/C27H27N3O3S/c1-2-33-24-17-9-8-16-23(24)28-25(31)19-34-27-29-22-15-7-6-14-21(22)26(32)30(27)18-10-13-20-11-4-3-5-12-20/h3-9,11-12,14-17H,2,10,13,18-19H2,1H3,(H,28,31). The van der Waals surface area contributed by atoms with Gasteiger partial charge in [-0.3, -0.25) is 14.2 Å². The fourth-order valence-corrected chi connectivity index (χ4v) is 4.53. The van der Waals surface area contributed by atoms with Crippen LogP contribution in [-0.2, 0) is 17.8 Å². The van der Waals surface area contributed by atoms with Gasteiger partial charge in [0.2, 0.25) is 5.91 Å². The summed E-state index contributed by atoms with van der Waals surface area (Å²) in [5.41, 5.74) is 2.41. The van der Waals surface area contributed by atoms with E-state index in [-0.39, 0.29) is 17.2 Å². The fourth-order valence-electron chi connectivity index (χ4n) is 3.71. The molecule has 4 rings (SSSR count). The lowest BCUT2D eigenvalue weighted by atomic mass is 10.1. The topological polar surface area (TPSA) is 73.2 Å². The molecule has 174 valence electrons. The highest BCUT2D eigenvalue weighted by atomic mass is 32.2. The molecular formula is C27H27N3O3S. The zero-order valence-electron chi connectivity index (χ0n) is 19.1. The Morgan fingerprint density at radius 2 is 1.74 bits per heavy atom. The van der Waals surface area contributed by atoms with Crippen molar-refractivity contribution in [2.24, 2.45) is 0 Å². The molecule has 0 radical (unpaired) electrons. The molecule has 34 heavy (non-hydrogen) atoms. The number of aryl methyl sites for hydroxylation is 1. The Morgan fingerprint density at radius 1 is 1.00 bits per heavy atom. The van der Waals surface area contributed by atoms with E-state index in [1.165, 1.54) is 17.3 Å². The molecule has 1 aromatic heterocycles. The zero-order chi connectivity index (χ0) is 23.8. The van der Waals surface area contributed by atoms with Crippen LogP contribution in [0.4, 0.5) is 5.69 Å². The van der Waals surface area contributed by atoms with E-state index in [0.717, 1.165) is 12.8 Å². The third-order valence-electron chi connectivity index (χ3n) is 5.31. The van der Waals surface area contributed by atoms with Crippen LogP contribution in [-0.4, -0.2) is 27.8 Å². The SMILES string of the molecule is CCOc1ccccc1NC(=O)CSc1nc2ccccc2c(=O)n1CCCc1ccccc1. The molecule has 0 spiro atoms. The molecule has 0 aliphatic heterocycles. The van der Waals surface area contributed by atoms with Crippen LogP contribution in [0.2, 0.25) is 0 Å². The number of hydrogen-bond donors (Lipinski definition) is 1. The van der Waals surface area contributed by atoms with Gasteiger partial charge in [0.05, 0.1) is 29.0 Å². The number of para-hydroxylation sites is 3. The Hall–Kier alpha value is -3.58. The van der Waals surface area contributed by atoms with Gasteiger partial charge in [0.25, 0.3) is 5.56 Å². The van der Waals surface area contributed by atoms with Gasteiger partial charge in [-0.05, 0) is 49.6 Å². The molecule has 0 unspecified atom stereocenters. The van der Waals surface area contributed by atoms with Crippen molar-refractivity contribution in [2.75, 3.05) is 17.7 Å². The molecule has 0 aliphatic rings. The summed E-state index contributed by atoms with van der Waals surface area (Å²) in [6.45, 7) is 2.94. The molecule has 0 bridgehead atoms. The second kappa shape index (κ2) is 11.5. The molecule has 1 N–H and O–H groups in total. The van der Waals surface area contributed by atoms with Crippen molar-refractivity contribution in [1.29, 1.82) is 0 Å². The van der Waals surface area contributed by atoms with E-state index in [1.807, 2.05) is 61.5 Å². The average molecular weight is 474 g/mol. The Balaban J connectivity index is 1.50. The Bertz CT molecular complexity index is 1320. The van der Waals surface area contributed by atoms with Crippen molar-refractivity contribution >= 4 is 34.3 Å². The van der Waals surface area contributed by atoms with Crippen molar-refractivity contribution in [1.82, 2.24) is 9.55 Å². The molecular weight excluding hydrogens is 446 g/mol. The van der Waals surface area contributed by atoms with Gasteiger partial charge in [-0.15, -0.1) is 0 Å². The van der Waals surface area contributed by atoms with Crippen LogP contribution in [0.15, 0.2) is 88.8 Å². The lowest BCUT2D eigenvalue weighted by Gasteiger charge is -2.14. The highest BCUT2D eigenvalue weighted by molar-refractivity contribution is 7.99. The van der Waals surface area contributed by atoms with E-state index >= 15 is 0 Å². The molecule has 7 heteroatoms. The minimum absolute atomic E-state index is 0.0803. The molecule has 1 amide bonds. The second-order valence-electron chi connectivity index (χ2n) is 7.72. The van der Waals surface area contributed by atoms with Gasteiger partial charge in [0.15, 0.2) is 5.16 Å². The number of aromatic nitrogens is 2. The zero-order valence-corrected chi connectivity index (χ0v) is 19.9. The van der Waals surface area contributed by atoms with E-state index in [9.17, 15) is 9.59 Å². The molecule has 0 atom stereocenters. The number of thioether (sulfide) groups is 1. The number of nitrogens with one attached hydrogen (secondary N) is 1. The van der Waals surface area contributed by atoms with Gasteiger partial charge < -0.3 is 10.1 Å². The first-order valence-corrected chi connectivity index (χ1v) is 12.3. The minimum Gasteiger partial charge on any atom is -0.492 e. The number of benzene rings is 3. The van der Waals surface area contributed by atoms with Crippen molar-refractivity contribution in [3.05, 3.63) is 94.8 Å². The van der Waals surface area contributed by atoms with Gasteiger partial charge in [-0.2, -0.15) is 0 Å². The number of carbonyl (C=O) groups is 1. The van der Waals surface area contributed by atoms with E-state index < -0.39 is 0 Å². The van der Waals surface area contributed by atoms with Crippen LogP contribution in [0.1, 0.15) is 18.9 Å². The molecule has 4 aromatic rings. The van der Waals surface area contributed by atoms with E-state index in [0.29, 0.717) is 40.6 Å². The summed E-state index contributed by atoms with van der Waals surface area (Å²) >= 11 is 1.27. The first kappa shape index (κ1) is 23.6. The number of hydrogen-bond acceptors (Lipinski definition) is 5. The monoisotopic (exact) mass is 473 g/mol. The summed E-state index contributed by atoms with van der Waals surface area (Å²) in [6.07, 6.45) is 1.66. The first-order valence-electron chi connectivity index (χ1n) is 11.3. The summed E-state index contributed by atoms with van der Waals surface area (Å²) in [4.78, 5) is 30.6. The molecule has 0 aliphatic carbocycles.